The van der Waals surface area contributed by atoms with Crippen LogP contribution in [0.1, 0.15) is 22.2 Å². The summed E-state index contributed by atoms with van der Waals surface area (Å²) in [6, 6.07) is 19.1. The Kier molecular flexibility index (Phi) is 6.03. The first-order chi connectivity index (χ1) is 14.2. The van der Waals surface area contributed by atoms with Gasteiger partial charge in [-0.05, 0) is 42.0 Å². The SMILES string of the molecule is O=C(N[C@H](CN1CCOCC1)c1ccccc1)c1ccc(-c2ccc(F)cc2)o1. The van der Waals surface area contributed by atoms with Gasteiger partial charge in [-0.2, -0.15) is 0 Å². The molecule has 1 aromatic heterocycles. The Hall–Kier alpha value is -2.96. The topological polar surface area (TPSA) is 54.7 Å². The summed E-state index contributed by atoms with van der Waals surface area (Å²) in [6.45, 7) is 3.79. The van der Waals surface area contributed by atoms with Crippen LogP contribution in [0.3, 0.4) is 0 Å². The zero-order chi connectivity index (χ0) is 20.1. The van der Waals surface area contributed by atoms with Crippen LogP contribution in [0.2, 0.25) is 0 Å². The van der Waals surface area contributed by atoms with Crippen LogP contribution >= 0.6 is 0 Å². The fraction of sp³-hybridized carbons (Fsp3) is 0.261. The molecule has 1 aliphatic rings. The highest BCUT2D eigenvalue weighted by molar-refractivity contribution is 5.92. The number of carbonyl (C=O) groups is 1. The summed E-state index contributed by atoms with van der Waals surface area (Å²) in [5.74, 6) is 0.166. The second-order valence-electron chi connectivity index (χ2n) is 7.02. The van der Waals surface area contributed by atoms with Crippen molar-refractivity contribution in [1.82, 2.24) is 10.2 Å². The largest absolute Gasteiger partial charge is 0.451 e. The number of rotatable bonds is 6. The number of furan rings is 1. The third kappa shape index (κ3) is 4.91. The van der Waals surface area contributed by atoms with Gasteiger partial charge in [0.25, 0.3) is 5.91 Å². The minimum Gasteiger partial charge on any atom is -0.451 e. The van der Waals surface area contributed by atoms with Crippen molar-refractivity contribution in [2.24, 2.45) is 0 Å². The number of carbonyl (C=O) groups excluding carboxylic acids is 1. The number of morpholine rings is 1. The Balaban J connectivity index is 1.49. The normalized spacial score (nSPS) is 15.8. The fourth-order valence-electron chi connectivity index (χ4n) is 3.42. The number of nitrogens with one attached hydrogen (secondary N) is 1. The molecule has 2 heterocycles. The summed E-state index contributed by atoms with van der Waals surface area (Å²) in [4.78, 5) is 15.1. The average molecular weight is 394 g/mol. The number of halogens is 1. The van der Waals surface area contributed by atoms with E-state index in [2.05, 4.69) is 10.2 Å². The van der Waals surface area contributed by atoms with E-state index in [0.717, 1.165) is 24.2 Å². The lowest BCUT2D eigenvalue weighted by molar-refractivity contribution is 0.0331. The summed E-state index contributed by atoms with van der Waals surface area (Å²) in [5, 5.41) is 3.10. The van der Waals surface area contributed by atoms with Crippen molar-refractivity contribution in [2.45, 2.75) is 6.04 Å². The van der Waals surface area contributed by atoms with Crippen molar-refractivity contribution in [3.8, 4) is 11.3 Å². The smallest absolute Gasteiger partial charge is 0.287 e. The molecular weight excluding hydrogens is 371 g/mol. The molecule has 0 spiro atoms. The Morgan fingerprint density at radius 3 is 2.45 bits per heavy atom. The predicted octanol–water partition coefficient (Wildman–Crippen LogP) is 3.89. The lowest BCUT2D eigenvalue weighted by Crippen LogP contribution is -2.43. The molecule has 2 aromatic carbocycles. The Bertz CT molecular complexity index is 934. The maximum atomic E-state index is 13.1. The highest BCUT2D eigenvalue weighted by atomic mass is 19.1. The molecule has 1 amide bonds. The molecule has 0 saturated carbocycles. The van der Waals surface area contributed by atoms with Crippen molar-refractivity contribution in [3.63, 3.8) is 0 Å². The second kappa shape index (κ2) is 9.03. The highest BCUT2D eigenvalue weighted by Gasteiger charge is 2.22. The minimum absolute atomic E-state index is 0.166. The van der Waals surface area contributed by atoms with E-state index in [1.165, 1.54) is 12.1 Å². The third-order valence-electron chi connectivity index (χ3n) is 5.01. The summed E-state index contributed by atoms with van der Waals surface area (Å²) in [7, 11) is 0. The standard InChI is InChI=1S/C23H23FN2O3/c24-19-8-6-18(7-9-19)21-10-11-22(29-21)23(27)25-20(17-4-2-1-3-5-17)16-26-12-14-28-15-13-26/h1-11,20H,12-16H2,(H,25,27)/t20-/m1/s1. The third-order valence-corrected chi connectivity index (χ3v) is 5.01. The molecule has 5 nitrogen and oxygen atoms in total. The second-order valence-corrected chi connectivity index (χ2v) is 7.02. The van der Waals surface area contributed by atoms with E-state index >= 15 is 0 Å². The lowest BCUT2D eigenvalue weighted by atomic mass is 10.1. The molecule has 0 unspecified atom stereocenters. The van der Waals surface area contributed by atoms with Crippen molar-refractivity contribution in [2.75, 3.05) is 32.8 Å². The summed E-state index contributed by atoms with van der Waals surface area (Å²) >= 11 is 0. The van der Waals surface area contributed by atoms with Gasteiger partial charge in [-0.1, -0.05) is 30.3 Å². The van der Waals surface area contributed by atoms with E-state index < -0.39 is 0 Å². The first-order valence-corrected chi connectivity index (χ1v) is 9.71. The van der Waals surface area contributed by atoms with Gasteiger partial charge in [0.1, 0.15) is 11.6 Å². The molecule has 150 valence electrons. The average Bonchev–Trinajstić information content (AvgIpc) is 3.26. The number of nitrogens with zero attached hydrogens (tertiary/aromatic N) is 1. The number of amides is 1. The van der Waals surface area contributed by atoms with Crippen molar-refractivity contribution in [1.29, 1.82) is 0 Å². The van der Waals surface area contributed by atoms with Crippen LogP contribution in [-0.4, -0.2) is 43.7 Å². The van der Waals surface area contributed by atoms with Gasteiger partial charge in [-0.25, -0.2) is 4.39 Å². The van der Waals surface area contributed by atoms with E-state index in [0.29, 0.717) is 25.5 Å². The van der Waals surface area contributed by atoms with Crippen LogP contribution in [-0.2, 0) is 4.74 Å². The van der Waals surface area contributed by atoms with Crippen molar-refractivity contribution >= 4 is 5.91 Å². The maximum absolute atomic E-state index is 13.1. The Labute approximate surface area is 169 Å². The molecular formula is C23H23FN2O3. The monoisotopic (exact) mass is 394 g/mol. The van der Waals surface area contributed by atoms with Crippen LogP contribution in [0.4, 0.5) is 4.39 Å². The molecule has 6 heteroatoms. The molecule has 0 radical (unpaired) electrons. The van der Waals surface area contributed by atoms with Gasteiger partial charge < -0.3 is 14.5 Å². The van der Waals surface area contributed by atoms with Crippen LogP contribution in [0.5, 0.6) is 0 Å². The van der Waals surface area contributed by atoms with E-state index in [1.54, 1.807) is 24.3 Å². The fourth-order valence-corrected chi connectivity index (χ4v) is 3.42. The summed E-state index contributed by atoms with van der Waals surface area (Å²) < 4.78 is 24.3. The number of hydrogen-bond acceptors (Lipinski definition) is 4. The molecule has 1 atom stereocenters. The molecule has 0 bridgehead atoms. The Morgan fingerprint density at radius 1 is 1.00 bits per heavy atom. The summed E-state index contributed by atoms with van der Waals surface area (Å²) in [6.07, 6.45) is 0. The minimum atomic E-state index is -0.313. The van der Waals surface area contributed by atoms with E-state index in [-0.39, 0.29) is 23.5 Å². The quantitative estimate of drug-likeness (QED) is 0.689. The number of ether oxygens (including phenoxy) is 1. The Morgan fingerprint density at radius 2 is 1.72 bits per heavy atom. The van der Waals surface area contributed by atoms with E-state index in [4.69, 9.17) is 9.15 Å². The molecule has 1 aliphatic heterocycles. The van der Waals surface area contributed by atoms with Crippen LogP contribution < -0.4 is 5.32 Å². The molecule has 3 aromatic rings. The molecule has 0 aliphatic carbocycles. The van der Waals surface area contributed by atoms with Gasteiger partial charge in [0.2, 0.25) is 0 Å². The summed E-state index contributed by atoms with van der Waals surface area (Å²) in [5.41, 5.74) is 1.76. The first-order valence-electron chi connectivity index (χ1n) is 9.71. The molecule has 29 heavy (non-hydrogen) atoms. The van der Waals surface area contributed by atoms with Crippen molar-refractivity contribution < 1.29 is 18.3 Å². The maximum Gasteiger partial charge on any atom is 0.287 e. The molecule has 1 saturated heterocycles. The van der Waals surface area contributed by atoms with Gasteiger partial charge in [0.15, 0.2) is 5.76 Å². The van der Waals surface area contributed by atoms with Gasteiger partial charge >= 0.3 is 0 Å². The van der Waals surface area contributed by atoms with Gasteiger partial charge in [-0.3, -0.25) is 9.69 Å². The van der Waals surface area contributed by atoms with E-state index in [1.807, 2.05) is 30.3 Å². The molecule has 4 rings (SSSR count). The zero-order valence-corrected chi connectivity index (χ0v) is 16.0. The van der Waals surface area contributed by atoms with Gasteiger partial charge in [0, 0.05) is 25.2 Å². The van der Waals surface area contributed by atoms with Crippen molar-refractivity contribution in [3.05, 3.63) is 83.9 Å². The highest BCUT2D eigenvalue weighted by Crippen LogP contribution is 2.23. The zero-order valence-electron chi connectivity index (χ0n) is 16.0. The first kappa shape index (κ1) is 19.4. The van der Waals surface area contributed by atoms with Crippen LogP contribution in [0, 0.1) is 5.82 Å². The van der Waals surface area contributed by atoms with Crippen LogP contribution in [0.15, 0.2) is 71.1 Å². The van der Waals surface area contributed by atoms with Gasteiger partial charge in [0.05, 0.1) is 19.3 Å². The molecule has 1 N–H and O–H groups in total. The van der Waals surface area contributed by atoms with E-state index in [9.17, 15) is 9.18 Å². The van der Waals surface area contributed by atoms with Crippen LogP contribution in [0.25, 0.3) is 11.3 Å². The number of benzene rings is 2. The van der Waals surface area contributed by atoms with Gasteiger partial charge in [-0.15, -0.1) is 0 Å². The lowest BCUT2D eigenvalue weighted by Gasteiger charge is -2.31. The predicted molar refractivity (Wildman–Crippen MR) is 108 cm³/mol. The number of hydrogen-bond donors (Lipinski definition) is 1. The molecule has 1 fully saturated rings.